The predicted octanol–water partition coefficient (Wildman–Crippen LogP) is 18.1. The number of carboxylic acid groups (broad SMARTS) is 1. The molecule has 4 aromatic heterocycles. The van der Waals surface area contributed by atoms with Crippen LogP contribution in [0.5, 0.6) is 23.0 Å². The van der Waals surface area contributed by atoms with E-state index in [0.717, 1.165) is 84.6 Å². The van der Waals surface area contributed by atoms with E-state index >= 15 is 0 Å². The molecule has 0 aliphatic heterocycles. The van der Waals surface area contributed by atoms with Gasteiger partial charge in [0, 0.05) is 139 Å². The molecule has 132 heavy (non-hydrogen) atoms. The van der Waals surface area contributed by atoms with Gasteiger partial charge in [0.25, 0.3) is 11.8 Å². The normalized spacial score (nSPS) is 11.5. The Kier molecular flexibility index (Phi) is 38.5. The van der Waals surface area contributed by atoms with Crippen LogP contribution in [0, 0.1) is 0 Å². The second-order valence-electron chi connectivity index (χ2n) is 39.4. The molecule has 0 aliphatic rings. The molecular weight excluding hydrogens is 1690 g/mol. The number of aromatic nitrogens is 4. The van der Waals surface area contributed by atoms with E-state index in [2.05, 4.69) is 108 Å². The monoisotopic (exact) mass is 1820 g/mol. The number of ether oxygens (including phenoxy) is 6. The Morgan fingerprint density at radius 1 is 0.356 bits per heavy atom. The number of phenols is 1. The van der Waals surface area contributed by atoms with Crippen molar-refractivity contribution in [2.75, 3.05) is 50.1 Å². The van der Waals surface area contributed by atoms with Crippen LogP contribution in [0.25, 0.3) is 43.6 Å². The maximum atomic E-state index is 13.2. The summed E-state index contributed by atoms with van der Waals surface area (Å²) in [5.41, 5.74) is 17.8. The van der Waals surface area contributed by atoms with Crippen LogP contribution >= 0.6 is 0 Å². The van der Waals surface area contributed by atoms with Crippen LogP contribution in [0.3, 0.4) is 0 Å². The van der Waals surface area contributed by atoms with Crippen molar-refractivity contribution in [3.05, 3.63) is 258 Å². The van der Waals surface area contributed by atoms with Gasteiger partial charge in [-0.05, 0) is 143 Å². The molecule has 0 unspecified atom stereocenters. The smallest absolute Gasteiger partial charge is 0.870 e. The van der Waals surface area contributed by atoms with Crippen molar-refractivity contribution in [2.45, 2.75) is 222 Å². The molecule has 0 atom stereocenters. The molecule has 12 aromatic rings. The van der Waals surface area contributed by atoms with Crippen molar-refractivity contribution in [3.8, 4) is 23.0 Å². The van der Waals surface area contributed by atoms with E-state index in [4.69, 9.17) is 34.9 Å². The molecule has 8 aromatic carbocycles. The number of fused-ring (bicyclic) bond motifs is 4. The fourth-order valence-corrected chi connectivity index (χ4v) is 14.3. The summed E-state index contributed by atoms with van der Waals surface area (Å²) >= 11 is 0. The molecule has 0 bridgehead atoms. The number of aliphatic carboxylic acids is 1. The van der Waals surface area contributed by atoms with E-state index in [1.165, 1.54) is 33.7 Å². The van der Waals surface area contributed by atoms with Gasteiger partial charge in [-0.25, -0.2) is 14.4 Å². The van der Waals surface area contributed by atoms with Gasteiger partial charge in [0.15, 0.2) is 0 Å². The first-order valence-corrected chi connectivity index (χ1v) is 42.2. The molecule has 0 saturated carbocycles. The largest absolute Gasteiger partial charge is 1.00 e. The van der Waals surface area contributed by atoms with Gasteiger partial charge in [-0.2, -0.15) is 0 Å². The Labute approximate surface area is 794 Å². The predicted molar refractivity (Wildman–Crippen MR) is 520 cm³/mol. The molecule has 29 heteroatoms. The summed E-state index contributed by atoms with van der Waals surface area (Å²) in [5, 5.41) is 37.9. The Bertz CT molecular complexity index is 6220. The molecule has 28 nitrogen and oxygen atoms in total. The summed E-state index contributed by atoms with van der Waals surface area (Å²) in [6.07, 6.45) is 4.36. The zero-order valence-electron chi connectivity index (χ0n) is 81.6. The van der Waals surface area contributed by atoms with Crippen molar-refractivity contribution in [2.24, 2.45) is 0 Å². The topological polar surface area (TPSA) is 456 Å². The Morgan fingerprint density at radius 2 is 0.621 bits per heavy atom. The molecule has 0 radical (unpaired) electrons. The molecule has 0 aliphatic carbocycles. The maximum Gasteiger partial charge on any atom is 1.00 e. The minimum atomic E-state index is -0.854. The number of carboxylic acids is 1. The average Bonchev–Trinajstić information content (AvgIpc) is 1.27. The first kappa shape index (κ1) is 112. The van der Waals surface area contributed by atoms with E-state index in [1.54, 1.807) is 66.9 Å². The quantitative estimate of drug-likeness (QED) is 0.0178. The number of anilines is 4. The van der Waals surface area contributed by atoms with Crippen molar-refractivity contribution in [1.29, 1.82) is 0 Å². The second-order valence-corrected chi connectivity index (χ2v) is 39.4. The molecule has 15 N–H and O–H groups in total. The first-order valence-electron chi connectivity index (χ1n) is 42.2. The van der Waals surface area contributed by atoms with E-state index < -0.39 is 36.2 Å². The number of aromatic amines is 4. The summed E-state index contributed by atoms with van der Waals surface area (Å²) < 4.78 is 30.0. The van der Waals surface area contributed by atoms with E-state index in [-0.39, 0.29) is 136 Å². The van der Waals surface area contributed by atoms with Crippen molar-refractivity contribution < 1.29 is 118 Å². The fraction of sp³-hybridized carbons (Fsp3) is 0.369. The number of pyridine rings is 2. The van der Waals surface area contributed by atoms with Gasteiger partial charge < -0.3 is 96.3 Å². The van der Waals surface area contributed by atoms with Gasteiger partial charge >= 0.3 is 54.0 Å². The van der Waals surface area contributed by atoms with E-state index in [1.807, 2.05) is 195 Å². The Balaban J connectivity index is 0.000000351. The number of H-pyrrole nitrogens is 4. The summed E-state index contributed by atoms with van der Waals surface area (Å²) in [4.78, 5) is 123. The number of nitrogens with one attached hydrogen (secondary N) is 7. The number of nitrogen functional groups attached to an aromatic ring is 1. The Morgan fingerprint density at radius 3 is 0.939 bits per heavy atom. The van der Waals surface area contributed by atoms with Gasteiger partial charge in [0.1, 0.15) is 34.1 Å². The van der Waals surface area contributed by atoms with Crippen molar-refractivity contribution >= 4 is 109 Å². The number of rotatable bonds is 12. The number of aromatic hydroxyl groups is 1. The second kappa shape index (κ2) is 45.5. The van der Waals surface area contributed by atoms with Crippen LogP contribution in [-0.2, 0) is 80.0 Å². The summed E-state index contributed by atoms with van der Waals surface area (Å²) in [5.74, 6) is -0.782. The Hall–Kier alpha value is -12.6. The molecule has 0 spiro atoms. The van der Waals surface area contributed by atoms with E-state index in [9.17, 15) is 48.3 Å². The fourth-order valence-electron chi connectivity index (χ4n) is 14.3. The SMILES string of the molecule is CC(C)(C)c1cc(C(C)(C)C)c(NC(=O)c2c[nH]c3ccccc3c2=O)cc1O.CO.COC(=O)Oc1cc(N)c(C(C)(C)C)cc1C(C)(C)C.COC(=O)Oc1cc(NC(=O)Cc2c[nH]c3ccccc23)c(C(C)(C)C)cc1C(C)(C)C.COC(=O)Oc1cc(NC(=O)c2c[nH]c3ccccc3c2=O)c(C(C)(C)C)cc1C(C)(C)C.O.O=C(O)Cc1c[nH]c2ccccc12.[Na+].[OH-]. The number of aliphatic hydroxyl groups is 1. The van der Waals surface area contributed by atoms with Crippen LogP contribution in [0.15, 0.2) is 180 Å². The summed E-state index contributed by atoms with van der Waals surface area (Å²) in [7, 11) is 4.79. The van der Waals surface area contributed by atoms with Gasteiger partial charge in [0.05, 0.1) is 34.2 Å². The first-order chi connectivity index (χ1) is 59.8. The molecule has 4 heterocycles. The number of hydrogen-bond donors (Lipinski definition) is 11. The number of carbonyl (C=O) groups is 7. The molecule has 3 amide bonds. The van der Waals surface area contributed by atoms with Crippen LogP contribution in [0.1, 0.15) is 243 Å². The third kappa shape index (κ3) is 29.2. The zero-order chi connectivity index (χ0) is 96.8. The van der Waals surface area contributed by atoms with E-state index in [0.29, 0.717) is 56.1 Å². The molecule has 0 saturated heterocycles. The molecule has 0 fully saturated rings. The van der Waals surface area contributed by atoms with Crippen LogP contribution in [0.2, 0.25) is 0 Å². The number of carbonyl (C=O) groups excluding carboxylic acids is 6. The molecule has 12 rings (SSSR count). The third-order valence-electron chi connectivity index (χ3n) is 20.9. The van der Waals surface area contributed by atoms with Crippen molar-refractivity contribution in [1.82, 2.24) is 19.9 Å². The number of benzene rings is 8. The van der Waals surface area contributed by atoms with Gasteiger partial charge in [-0.15, -0.1) is 0 Å². The number of amides is 3. The number of nitrogens with two attached hydrogens (primary N) is 1. The van der Waals surface area contributed by atoms with Crippen LogP contribution < -0.4 is 76.3 Å². The number of hydrogen-bond acceptors (Lipinski definition) is 19. The standard InChI is InChI=1S/C26H30N2O5.C26H32N2O4.C24H28N2O3.C16H25NO3.C10H9NO2.CH4O.Na.2H2O/c1-25(2,3)17-12-18(26(4,5)6)21(33-24(31)32-7)13-20(17)28-23(30)16-14-27-19-11-9-8-10-15(19)22(16)29;1-25(2,3)18-13-19(26(4,5)6)22(32-24(30)31-7)14-21(18)28-23(29)12-16-15-27-20-11-9-8-10-17(16)20;1-23(2,3)16-11-17(24(4,5)6)20(27)12-19(16)26-22(29)15-13-25-18-10-8-7-9-14(18)21(15)28;1-15(2,3)10-8-11(16(4,5)6)13(9-12(10)17)20-14(18)19-7;12-10(13)5-7-6-11-9-4-2-1-3-8(7)9;1-2;;;/h8-14H,1-7H3,(H,27,29)(H,28,30);8-11,13-15,27H,12H2,1-7H3,(H,28,29);7-13,27H,1-6H3,(H,25,28)(H,26,29);8-9H,17H2,1-7H3;1-4,6,11H,5H2,(H,12,13);2H,1H3;;2*1H2/q;;;;;;+1;;/p-1. The number of methoxy groups -OCH3 is 3. The summed E-state index contributed by atoms with van der Waals surface area (Å²) in [6.45, 7) is 49.2. The molecule has 704 valence electrons. The zero-order valence-corrected chi connectivity index (χ0v) is 83.6. The summed E-state index contributed by atoms with van der Waals surface area (Å²) in [6, 6.07) is 44.2. The van der Waals surface area contributed by atoms with Gasteiger partial charge in [-0.1, -0.05) is 227 Å². The maximum absolute atomic E-state index is 13.2. The third-order valence-corrected chi connectivity index (χ3v) is 20.9. The number of aliphatic hydroxyl groups excluding tert-OH is 1. The average molecular weight is 1820 g/mol. The van der Waals surface area contributed by atoms with Gasteiger partial charge in [-0.3, -0.25) is 28.8 Å². The minimum Gasteiger partial charge on any atom is -0.870 e. The molecular formula is C103H131N8NaO20. The van der Waals surface area contributed by atoms with Crippen molar-refractivity contribution in [3.63, 3.8) is 0 Å². The number of para-hydroxylation sites is 4. The number of phenolic OH excluding ortho intramolecular Hbond substituents is 1. The minimum absolute atomic E-state index is 0. The van der Waals surface area contributed by atoms with Gasteiger partial charge in [0.2, 0.25) is 16.8 Å². The van der Waals surface area contributed by atoms with Crippen LogP contribution in [0.4, 0.5) is 37.1 Å². The van der Waals surface area contributed by atoms with Crippen LogP contribution in [-0.4, -0.2) is 117 Å².